The molecule has 0 saturated heterocycles. The maximum absolute atomic E-state index is 11.5. The van der Waals surface area contributed by atoms with Crippen molar-refractivity contribution in [3.05, 3.63) is 0 Å². The number of halogens is 1. The van der Waals surface area contributed by atoms with E-state index < -0.39 is 6.09 Å². The Morgan fingerprint density at radius 1 is 1.24 bits per heavy atom. The molecule has 1 saturated carbocycles. The van der Waals surface area contributed by atoms with Gasteiger partial charge in [-0.1, -0.05) is 0 Å². The van der Waals surface area contributed by atoms with Gasteiger partial charge in [-0.3, -0.25) is 4.79 Å². The second-order valence-electron chi connectivity index (χ2n) is 4.37. The number of carbonyl (C=O) groups excluding carboxylic acids is 1. The number of amides is 2. The van der Waals surface area contributed by atoms with Crippen LogP contribution in [0.5, 0.6) is 0 Å². The fourth-order valence-corrected chi connectivity index (χ4v) is 2.29. The van der Waals surface area contributed by atoms with E-state index in [0.29, 0.717) is 25.1 Å². The van der Waals surface area contributed by atoms with E-state index in [-0.39, 0.29) is 18.0 Å². The molecular formula is C11H19ClN2O3. The van der Waals surface area contributed by atoms with Crippen molar-refractivity contribution >= 4 is 23.6 Å². The maximum atomic E-state index is 11.5. The SMILES string of the molecule is O=C(O)NC1CCC[C@@H](NC(=O)CCCCl)C1. The average Bonchev–Trinajstić information content (AvgIpc) is 2.26. The van der Waals surface area contributed by atoms with E-state index in [1.165, 1.54) is 0 Å². The highest BCUT2D eigenvalue weighted by Crippen LogP contribution is 2.18. The second kappa shape index (κ2) is 7.37. The number of hydrogen-bond donors (Lipinski definition) is 3. The van der Waals surface area contributed by atoms with Gasteiger partial charge in [-0.25, -0.2) is 4.79 Å². The van der Waals surface area contributed by atoms with Crippen LogP contribution in [0.1, 0.15) is 38.5 Å². The summed E-state index contributed by atoms with van der Waals surface area (Å²) in [5, 5.41) is 14.0. The summed E-state index contributed by atoms with van der Waals surface area (Å²) in [6.07, 6.45) is 3.51. The van der Waals surface area contributed by atoms with E-state index >= 15 is 0 Å². The van der Waals surface area contributed by atoms with Crippen molar-refractivity contribution in [2.45, 2.75) is 50.6 Å². The number of alkyl halides is 1. The van der Waals surface area contributed by atoms with Gasteiger partial charge >= 0.3 is 6.09 Å². The number of carboxylic acid groups (broad SMARTS) is 1. The molecule has 0 bridgehead atoms. The van der Waals surface area contributed by atoms with Gasteiger partial charge in [0, 0.05) is 24.4 Å². The van der Waals surface area contributed by atoms with Crippen LogP contribution in [0.25, 0.3) is 0 Å². The second-order valence-corrected chi connectivity index (χ2v) is 4.75. The van der Waals surface area contributed by atoms with Crippen molar-refractivity contribution in [3.8, 4) is 0 Å². The molecule has 0 radical (unpaired) electrons. The third kappa shape index (κ3) is 5.77. The van der Waals surface area contributed by atoms with Gasteiger partial charge in [-0.05, 0) is 32.1 Å². The molecule has 2 atom stereocenters. The Hall–Kier alpha value is -0.970. The Labute approximate surface area is 106 Å². The van der Waals surface area contributed by atoms with E-state index in [1.54, 1.807) is 0 Å². The van der Waals surface area contributed by atoms with Gasteiger partial charge in [0.15, 0.2) is 0 Å². The molecule has 0 aromatic heterocycles. The molecule has 0 heterocycles. The van der Waals surface area contributed by atoms with Crippen molar-refractivity contribution in [2.24, 2.45) is 0 Å². The van der Waals surface area contributed by atoms with Crippen molar-refractivity contribution in [2.75, 3.05) is 5.88 Å². The Kier molecular flexibility index (Phi) is 6.11. The Morgan fingerprint density at radius 3 is 2.47 bits per heavy atom. The van der Waals surface area contributed by atoms with Crippen LogP contribution < -0.4 is 10.6 Å². The standard InChI is InChI=1S/C11H19ClN2O3/c12-6-2-5-10(15)13-8-3-1-4-9(7-8)14-11(16)17/h8-9,14H,1-7H2,(H,13,15)(H,16,17)/t8-,9?/m1/s1. The predicted octanol–water partition coefficient (Wildman–Crippen LogP) is 1.70. The first kappa shape index (κ1) is 14.1. The maximum Gasteiger partial charge on any atom is 0.404 e. The summed E-state index contributed by atoms with van der Waals surface area (Å²) < 4.78 is 0. The summed E-state index contributed by atoms with van der Waals surface area (Å²) >= 11 is 5.51. The number of hydrogen-bond acceptors (Lipinski definition) is 2. The Balaban J connectivity index is 2.28. The summed E-state index contributed by atoms with van der Waals surface area (Å²) in [5.74, 6) is 0.494. The van der Waals surface area contributed by atoms with Crippen LogP contribution >= 0.6 is 11.6 Å². The van der Waals surface area contributed by atoms with Crippen molar-refractivity contribution < 1.29 is 14.7 Å². The van der Waals surface area contributed by atoms with Crippen LogP contribution in [-0.4, -0.2) is 35.1 Å². The molecule has 17 heavy (non-hydrogen) atoms. The van der Waals surface area contributed by atoms with Gasteiger partial charge in [0.2, 0.25) is 5.91 Å². The molecular weight excluding hydrogens is 244 g/mol. The molecule has 0 aliphatic heterocycles. The van der Waals surface area contributed by atoms with E-state index in [1.807, 2.05) is 0 Å². The number of nitrogens with one attached hydrogen (secondary N) is 2. The van der Waals surface area contributed by atoms with Crippen LogP contribution in [0.2, 0.25) is 0 Å². The summed E-state index contributed by atoms with van der Waals surface area (Å²) in [6.45, 7) is 0. The minimum atomic E-state index is -0.996. The number of carbonyl (C=O) groups is 2. The van der Waals surface area contributed by atoms with Gasteiger partial charge in [0.05, 0.1) is 0 Å². The lowest BCUT2D eigenvalue weighted by Crippen LogP contribution is -2.45. The molecule has 0 aromatic rings. The molecule has 1 aliphatic carbocycles. The van der Waals surface area contributed by atoms with Gasteiger partial charge in [0.25, 0.3) is 0 Å². The van der Waals surface area contributed by atoms with Gasteiger partial charge in [0.1, 0.15) is 0 Å². The van der Waals surface area contributed by atoms with E-state index in [4.69, 9.17) is 16.7 Å². The first-order chi connectivity index (χ1) is 8.11. The van der Waals surface area contributed by atoms with Crippen LogP contribution in [-0.2, 0) is 4.79 Å². The lowest BCUT2D eigenvalue weighted by Gasteiger charge is -2.29. The zero-order valence-electron chi connectivity index (χ0n) is 9.75. The molecule has 2 amide bonds. The van der Waals surface area contributed by atoms with Gasteiger partial charge < -0.3 is 15.7 Å². The zero-order valence-corrected chi connectivity index (χ0v) is 10.5. The van der Waals surface area contributed by atoms with E-state index in [0.717, 1.165) is 19.3 Å². The molecule has 6 heteroatoms. The predicted molar refractivity (Wildman–Crippen MR) is 65.3 cm³/mol. The fraction of sp³-hybridized carbons (Fsp3) is 0.818. The largest absolute Gasteiger partial charge is 0.465 e. The molecule has 1 rings (SSSR count). The fourth-order valence-electron chi connectivity index (χ4n) is 2.15. The van der Waals surface area contributed by atoms with Crippen LogP contribution in [0.4, 0.5) is 4.79 Å². The zero-order chi connectivity index (χ0) is 12.7. The van der Waals surface area contributed by atoms with E-state index in [9.17, 15) is 9.59 Å². The normalized spacial score (nSPS) is 24.1. The third-order valence-corrected chi connectivity index (χ3v) is 3.17. The minimum absolute atomic E-state index is 0.00613. The molecule has 0 spiro atoms. The Bertz CT molecular complexity index is 273. The highest BCUT2D eigenvalue weighted by atomic mass is 35.5. The molecule has 1 aliphatic rings. The summed E-state index contributed by atoms with van der Waals surface area (Å²) in [7, 11) is 0. The first-order valence-corrected chi connectivity index (χ1v) is 6.50. The van der Waals surface area contributed by atoms with Crippen molar-refractivity contribution in [1.29, 1.82) is 0 Å². The van der Waals surface area contributed by atoms with Gasteiger partial charge in [-0.2, -0.15) is 0 Å². The lowest BCUT2D eigenvalue weighted by atomic mass is 9.91. The van der Waals surface area contributed by atoms with Crippen LogP contribution in [0, 0.1) is 0 Å². The quantitative estimate of drug-likeness (QED) is 0.660. The van der Waals surface area contributed by atoms with Crippen LogP contribution in [0.15, 0.2) is 0 Å². The number of rotatable bonds is 5. The smallest absolute Gasteiger partial charge is 0.404 e. The highest BCUT2D eigenvalue weighted by Gasteiger charge is 2.23. The third-order valence-electron chi connectivity index (χ3n) is 2.90. The van der Waals surface area contributed by atoms with Crippen molar-refractivity contribution in [1.82, 2.24) is 10.6 Å². The molecule has 98 valence electrons. The topological polar surface area (TPSA) is 78.4 Å². The summed E-state index contributed by atoms with van der Waals surface area (Å²) in [6, 6.07) is 0.0444. The summed E-state index contributed by atoms with van der Waals surface area (Å²) in [4.78, 5) is 22.0. The van der Waals surface area contributed by atoms with Crippen molar-refractivity contribution in [3.63, 3.8) is 0 Å². The molecule has 0 aromatic carbocycles. The first-order valence-electron chi connectivity index (χ1n) is 5.96. The average molecular weight is 263 g/mol. The minimum Gasteiger partial charge on any atom is -0.465 e. The lowest BCUT2D eigenvalue weighted by molar-refractivity contribution is -0.122. The monoisotopic (exact) mass is 262 g/mol. The molecule has 5 nitrogen and oxygen atoms in total. The van der Waals surface area contributed by atoms with Gasteiger partial charge in [-0.15, -0.1) is 11.6 Å². The molecule has 1 unspecified atom stereocenters. The summed E-state index contributed by atoms with van der Waals surface area (Å²) in [5.41, 5.74) is 0. The Morgan fingerprint density at radius 2 is 1.88 bits per heavy atom. The molecule has 1 fully saturated rings. The van der Waals surface area contributed by atoms with Crippen LogP contribution in [0.3, 0.4) is 0 Å². The molecule has 3 N–H and O–H groups in total. The van der Waals surface area contributed by atoms with E-state index in [2.05, 4.69) is 10.6 Å². The highest BCUT2D eigenvalue weighted by molar-refractivity contribution is 6.17.